The average molecular weight is 395 g/mol. The number of nitrogens with zero attached hydrogens (tertiary/aromatic N) is 3. The van der Waals surface area contributed by atoms with Crippen LogP contribution in [0.25, 0.3) is 21.8 Å². The SMILES string of the molecule is CC(C)CN(C(=O)c1csc(-c2cn[nH]c2-c2ccccc2)n1)C1CCCC1. The van der Waals surface area contributed by atoms with Crippen LogP contribution < -0.4 is 0 Å². The van der Waals surface area contributed by atoms with Crippen LogP contribution >= 0.6 is 11.3 Å². The van der Waals surface area contributed by atoms with Crippen molar-refractivity contribution >= 4 is 17.2 Å². The summed E-state index contributed by atoms with van der Waals surface area (Å²) in [5.41, 5.74) is 3.48. The lowest BCUT2D eigenvalue weighted by atomic mass is 10.1. The molecule has 1 saturated carbocycles. The maximum absolute atomic E-state index is 13.3. The van der Waals surface area contributed by atoms with Crippen LogP contribution in [-0.4, -0.2) is 38.6 Å². The third-order valence-corrected chi connectivity index (χ3v) is 6.12. The minimum atomic E-state index is 0.0628. The van der Waals surface area contributed by atoms with Crippen molar-refractivity contribution in [2.24, 2.45) is 5.92 Å². The number of amides is 1. The van der Waals surface area contributed by atoms with E-state index in [1.807, 2.05) is 35.7 Å². The van der Waals surface area contributed by atoms with Gasteiger partial charge in [-0.05, 0) is 18.8 Å². The Morgan fingerprint density at radius 3 is 2.71 bits per heavy atom. The number of aromatic amines is 1. The highest BCUT2D eigenvalue weighted by Crippen LogP contribution is 2.33. The van der Waals surface area contributed by atoms with Gasteiger partial charge in [-0.2, -0.15) is 5.10 Å². The van der Waals surface area contributed by atoms with E-state index in [1.165, 1.54) is 24.2 Å². The van der Waals surface area contributed by atoms with Gasteiger partial charge in [0.25, 0.3) is 5.91 Å². The van der Waals surface area contributed by atoms with Gasteiger partial charge in [-0.3, -0.25) is 9.89 Å². The average Bonchev–Trinajstić information content (AvgIpc) is 3.47. The number of carbonyl (C=O) groups is 1. The maximum Gasteiger partial charge on any atom is 0.273 e. The Labute approximate surface area is 169 Å². The topological polar surface area (TPSA) is 61.9 Å². The number of hydrogen-bond donors (Lipinski definition) is 1. The Kier molecular flexibility index (Phi) is 5.57. The lowest BCUT2D eigenvalue weighted by Gasteiger charge is -2.30. The summed E-state index contributed by atoms with van der Waals surface area (Å²) in [4.78, 5) is 20.0. The van der Waals surface area contributed by atoms with Gasteiger partial charge in [0.1, 0.15) is 10.7 Å². The smallest absolute Gasteiger partial charge is 0.273 e. The highest BCUT2D eigenvalue weighted by atomic mass is 32.1. The molecule has 146 valence electrons. The fourth-order valence-corrected chi connectivity index (χ4v) is 4.73. The van der Waals surface area contributed by atoms with Crippen molar-refractivity contribution in [2.75, 3.05) is 6.54 Å². The molecule has 1 fully saturated rings. The van der Waals surface area contributed by atoms with Crippen molar-refractivity contribution in [3.05, 3.63) is 47.6 Å². The van der Waals surface area contributed by atoms with E-state index in [1.54, 1.807) is 6.20 Å². The fraction of sp³-hybridized carbons (Fsp3) is 0.409. The summed E-state index contributed by atoms with van der Waals surface area (Å²) in [6.45, 7) is 5.12. The van der Waals surface area contributed by atoms with Crippen molar-refractivity contribution in [1.29, 1.82) is 0 Å². The number of rotatable bonds is 6. The molecule has 1 aliphatic carbocycles. The van der Waals surface area contributed by atoms with Crippen LogP contribution in [-0.2, 0) is 0 Å². The summed E-state index contributed by atoms with van der Waals surface area (Å²) in [5, 5.41) is 10.0. The first kappa shape index (κ1) is 18.9. The lowest BCUT2D eigenvalue weighted by molar-refractivity contribution is 0.0650. The minimum Gasteiger partial charge on any atom is -0.334 e. The predicted molar refractivity (Wildman–Crippen MR) is 113 cm³/mol. The normalized spacial score (nSPS) is 14.7. The molecule has 0 saturated heterocycles. The molecular formula is C22H26N4OS. The van der Waals surface area contributed by atoms with Gasteiger partial charge in [0, 0.05) is 23.5 Å². The van der Waals surface area contributed by atoms with Gasteiger partial charge in [0.05, 0.1) is 17.5 Å². The van der Waals surface area contributed by atoms with E-state index in [9.17, 15) is 4.79 Å². The zero-order chi connectivity index (χ0) is 19.5. The van der Waals surface area contributed by atoms with Crippen molar-refractivity contribution < 1.29 is 4.79 Å². The van der Waals surface area contributed by atoms with Gasteiger partial charge < -0.3 is 4.90 Å². The number of nitrogens with one attached hydrogen (secondary N) is 1. The molecule has 2 aromatic heterocycles. The molecule has 3 aromatic rings. The zero-order valence-corrected chi connectivity index (χ0v) is 17.2. The summed E-state index contributed by atoms with van der Waals surface area (Å²) >= 11 is 1.50. The highest BCUT2D eigenvalue weighted by Gasteiger charge is 2.29. The first-order valence-electron chi connectivity index (χ1n) is 9.99. The number of carbonyl (C=O) groups excluding carboxylic acids is 1. The molecule has 1 aromatic carbocycles. The van der Waals surface area contributed by atoms with Crippen LogP contribution in [0.3, 0.4) is 0 Å². The Bertz CT molecular complexity index is 925. The highest BCUT2D eigenvalue weighted by molar-refractivity contribution is 7.13. The molecule has 1 amide bonds. The molecule has 0 unspecified atom stereocenters. The second kappa shape index (κ2) is 8.27. The second-order valence-corrected chi connectivity index (χ2v) is 8.71. The van der Waals surface area contributed by atoms with Crippen LogP contribution in [0.2, 0.25) is 0 Å². The summed E-state index contributed by atoms with van der Waals surface area (Å²) in [6, 6.07) is 10.4. The first-order valence-corrected chi connectivity index (χ1v) is 10.9. The van der Waals surface area contributed by atoms with E-state index in [2.05, 4.69) is 28.9 Å². The van der Waals surface area contributed by atoms with Crippen LogP contribution in [0, 0.1) is 5.92 Å². The van der Waals surface area contributed by atoms with Gasteiger partial charge in [0.2, 0.25) is 0 Å². The number of benzene rings is 1. The van der Waals surface area contributed by atoms with Crippen molar-refractivity contribution in [3.63, 3.8) is 0 Å². The molecule has 0 aliphatic heterocycles. The molecule has 0 atom stereocenters. The standard InChI is InChI=1S/C22H26N4OS/c1-15(2)13-26(17-10-6-7-11-17)22(27)19-14-28-21(24-19)18-12-23-25-20(18)16-8-4-3-5-9-16/h3-5,8-9,12,14-15,17H,6-7,10-11,13H2,1-2H3,(H,23,25). The molecule has 1 N–H and O–H groups in total. The number of thiazole rings is 1. The minimum absolute atomic E-state index is 0.0628. The first-order chi connectivity index (χ1) is 13.6. The van der Waals surface area contributed by atoms with Gasteiger partial charge in [0.15, 0.2) is 0 Å². The van der Waals surface area contributed by atoms with Crippen LogP contribution in [0.15, 0.2) is 41.9 Å². The molecule has 28 heavy (non-hydrogen) atoms. The van der Waals surface area contributed by atoms with Crippen LogP contribution in [0.1, 0.15) is 50.0 Å². The zero-order valence-electron chi connectivity index (χ0n) is 16.4. The molecule has 0 radical (unpaired) electrons. The molecule has 1 aliphatic rings. The molecule has 5 nitrogen and oxygen atoms in total. The summed E-state index contributed by atoms with van der Waals surface area (Å²) in [7, 11) is 0. The maximum atomic E-state index is 13.3. The van der Waals surface area contributed by atoms with Gasteiger partial charge >= 0.3 is 0 Å². The number of aromatic nitrogens is 3. The monoisotopic (exact) mass is 394 g/mol. The lowest BCUT2D eigenvalue weighted by Crippen LogP contribution is -2.41. The van der Waals surface area contributed by atoms with E-state index < -0.39 is 0 Å². The van der Waals surface area contributed by atoms with Crippen molar-refractivity contribution in [1.82, 2.24) is 20.1 Å². The van der Waals surface area contributed by atoms with E-state index in [-0.39, 0.29) is 5.91 Å². The van der Waals surface area contributed by atoms with E-state index >= 15 is 0 Å². The van der Waals surface area contributed by atoms with E-state index in [0.29, 0.717) is 17.7 Å². The fourth-order valence-electron chi connectivity index (χ4n) is 3.92. The van der Waals surface area contributed by atoms with E-state index in [4.69, 9.17) is 4.98 Å². The third-order valence-electron chi connectivity index (χ3n) is 5.24. The molecule has 4 rings (SSSR count). The predicted octanol–water partition coefficient (Wildman–Crippen LogP) is 5.24. The largest absolute Gasteiger partial charge is 0.334 e. The number of H-pyrrole nitrogens is 1. The Hall–Kier alpha value is -2.47. The van der Waals surface area contributed by atoms with Gasteiger partial charge in [-0.25, -0.2) is 4.98 Å². The number of hydrogen-bond acceptors (Lipinski definition) is 4. The van der Waals surface area contributed by atoms with Crippen LogP contribution in [0.5, 0.6) is 0 Å². The van der Waals surface area contributed by atoms with Gasteiger partial charge in [-0.1, -0.05) is 57.0 Å². The molecule has 2 heterocycles. The Morgan fingerprint density at radius 1 is 1.25 bits per heavy atom. The van der Waals surface area contributed by atoms with Crippen molar-refractivity contribution in [3.8, 4) is 21.8 Å². The van der Waals surface area contributed by atoms with E-state index in [0.717, 1.165) is 41.2 Å². The molecule has 0 bridgehead atoms. The van der Waals surface area contributed by atoms with Crippen molar-refractivity contribution in [2.45, 2.75) is 45.6 Å². The Balaban J connectivity index is 1.61. The second-order valence-electron chi connectivity index (χ2n) is 7.85. The summed E-state index contributed by atoms with van der Waals surface area (Å²) in [5.74, 6) is 0.508. The molecule has 0 spiro atoms. The molecule has 6 heteroatoms. The Morgan fingerprint density at radius 2 is 2.00 bits per heavy atom. The molecular weight excluding hydrogens is 368 g/mol. The summed E-state index contributed by atoms with van der Waals surface area (Å²) < 4.78 is 0. The third kappa shape index (κ3) is 3.87. The van der Waals surface area contributed by atoms with Crippen LogP contribution in [0.4, 0.5) is 0 Å². The summed E-state index contributed by atoms with van der Waals surface area (Å²) in [6.07, 6.45) is 6.43. The quantitative estimate of drug-likeness (QED) is 0.622. The van der Waals surface area contributed by atoms with Gasteiger partial charge in [-0.15, -0.1) is 11.3 Å².